The van der Waals surface area contributed by atoms with Crippen LogP contribution < -0.4 is 0 Å². The van der Waals surface area contributed by atoms with Crippen LogP contribution in [0.1, 0.15) is 0 Å². The molecule has 0 aliphatic rings. The van der Waals surface area contributed by atoms with Gasteiger partial charge in [-0.3, -0.25) is 0 Å². The van der Waals surface area contributed by atoms with Crippen LogP contribution in [0.3, 0.4) is 0 Å². The number of oxazole rings is 1. The fraction of sp³-hybridized carbons (Fsp3) is 0. The summed E-state index contributed by atoms with van der Waals surface area (Å²) in [5.41, 5.74) is 4.59. The van der Waals surface area contributed by atoms with Crippen molar-refractivity contribution >= 4 is 54.6 Å². The van der Waals surface area contributed by atoms with E-state index in [4.69, 9.17) is 16.0 Å². The lowest BCUT2D eigenvalue weighted by Crippen LogP contribution is -1.80. The molecule has 0 amide bonds. The molecule has 0 saturated heterocycles. The van der Waals surface area contributed by atoms with E-state index in [1.54, 1.807) is 0 Å². The van der Waals surface area contributed by atoms with E-state index in [-0.39, 0.29) is 0 Å². The summed E-state index contributed by atoms with van der Waals surface area (Å²) in [7, 11) is 0. The summed E-state index contributed by atoms with van der Waals surface area (Å²) in [5, 5.41) is 0.624. The van der Waals surface area contributed by atoms with Crippen LogP contribution in [-0.2, 0) is 0 Å². The average Bonchev–Trinajstić information content (AvgIpc) is 3.03. The molecular formula is C19H10Br2ClNO. The van der Waals surface area contributed by atoms with Crippen LogP contribution in [-0.4, -0.2) is 4.98 Å². The van der Waals surface area contributed by atoms with Crippen LogP contribution in [0, 0.1) is 0 Å². The fourth-order valence-electron chi connectivity index (χ4n) is 2.54. The number of nitrogens with zero attached hydrogens (tertiary/aromatic N) is 1. The molecule has 2 nitrogen and oxygen atoms in total. The van der Waals surface area contributed by atoms with Gasteiger partial charge in [0.15, 0.2) is 5.58 Å². The van der Waals surface area contributed by atoms with Crippen LogP contribution in [0.15, 0.2) is 74.0 Å². The molecule has 0 aliphatic carbocycles. The minimum atomic E-state index is 0.547. The Hall–Kier alpha value is -1.62. The standard InChI is InChI=1S/C19H10Br2ClNO/c20-14-7-6-12(9-16(14)22)19-23-17-10-13(8-15(21)18(17)24-19)11-4-2-1-3-5-11/h1-10H. The first-order chi connectivity index (χ1) is 11.6. The van der Waals surface area contributed by atoms with E-state index in [1.807, 2.05) is 48.5 Å². The van der Waals surface area contributed by atoms with Gasteiger partial charge in [0, 0.05) is 10.0 Å². The second kappa shape index (κ2) is 6.36. The molecule has 0 atom stereocenters. The Morgan fingerprint density at radius 2 is 1.58 bits per heavy atom. The Morgan fingerprint density at radius 1 is 0.792 bits per heavy atom. The third kappa shape index (κ3) is 2.90. The lowest BCUT2D eigenvalue weighted by atomic mass is 10.1. The van der Waals surface area contributed by atoms with E-state index in [0.29, 0.717) is 10.9 Å². The van der Waals surface area contributed by atoms with Gasteiger partial charge >= 0.3 is 0 Å². The summed E-state index contributed by atoms with van der Waals surface area (Å²) in [6, 6.07) is 19.9. The van der Waals surface area contributed by atoms with E-state index in [0.717, 1.165) is 36.7 Å². The van der Waals surface area contributed by atoms with Crippen LogP contribution >= 0.6 is 43.5 Å². The van der Waals surface area contributed by atoms with Crippen molar-refractivity contribution in [1.29, 1.82) is 0 Å². The SMILES string of the molecule is Clc1cc(-c2nc3cc(-c4ccccc4)cc(Br)c3o2)ccc1Br. The highest BCUT2D eigenvalue weighted by Crippen LogP contribution is 2.35. The molecule has 4 aromatic rings. The van der Waals surface area contributed by atoms with Gasteiger partial charge in [-0.2, -0.15) is 0 Å². The quantitative estimate of drug-likeness (QED) is 0.311. The maximum atomic E-state index is 6.17. The Morgan fingerprint density at radius 3 is 2.33 bits per heavy atom. The van der Waals surface area contributed by atoms with Gasteiger partial charge in [0.1, 0.15) is 5.52 Å². The zero-order valence-corrected chi connectivity index (χ0v) is 16.2. The van der Waals surface area contributed by atoms with Gasteiger partial charge in [-0.25, -0.2) is 4.98 Å². The first kappa shape index (κ1) is 15.9. The minimum Gasteiger partial charge on any atom is -0.435 e. The summed E-state index contributed by atoms with van der Waals surface area (Å²) in [5.74, 6) is 0.547. The molecule has 0 aliphatic heterocycles. The van der Waals surface area contributed by atoms with E-state index in [2.05, 4.69) is 49.0 Å². The van der Waals surface area contributed by atoms with Gasteiger partial charge in [0.05, 0.1) is 9.50 Å². The zero-order valence-electron chi connectivity index (χ0n) is 12.3. The van der Waals surface area contributed by atoms with Gasteiger partial charge in [-0.05, 0) is 73.3 Å². The Labute approximate surface area is 160 Å². The predicted octanol–water partition coefficient (Wildman–Crippen LogP) is 7.34. The molecule has 0 fully saturated rings. The van der Waals surface area contributed by atoms with Crippen LogP contribution in [0.5, 0.6) is 0 Å². The van der Waals surface area contributed by atoms with Gasteiger partial charge in [0.2, 0.25) is 5.89 Å². The largest absolute Gasteiger partial charge is 0.435 e. The third-order valence-corrected chi connectivity index (χ3v) is 5.54. The first-order valence-electron chi connectivity index (χ1n) is 7.23. The molecule has 1 aromatic heterocycles. The van der Waals surface area contributed by atoms with E-state index in [1.165, 1.54) is 0 Å². The molecule has 3 aromatic carbocycles. The van der Waals surface area contributed by atoms with Gasteiger partial charge in [0.25, 0.3) is 0 Å². The monoisotopic (exact) mass is 461 g/mol. The summed E-state index contributed by atoms with van der Waals surface area (Å²) in [4.78, 5) is 4.63. The van der Waals surface area contributed by atoms with Crippen molar-refractivity contribution < 1.29 is 4.42 Å². The summed E-state index contributed by atoms with van der Waals surface area (Å²) in [6.45, 7) is 0. The van der Waals surface area contributed by atoms with Crippen molar-refractivity contribution in [3.63, 3.8) is 0 Å². The smallest absolute Gasteiger partial charge is 0.227 e. The summed E-state index contributed by atoms with van der Waals surface area (Å²) < 4.78 is 7.66. The van der Waals surface area contributed by atoms with Crippen molar-refractivity contribution in [3.05, 3.63) is 74.6 Å². The Balaban J connectivity index is 1.86. The van der Waals surface area contributed by atoms with Crippen LogP contribution in [0.25, 0.3) is 33.7 Å². The number of halogens is 3. The number of benzene rings is 3. The fourth-order valence-corrected chi connectivity index (χ4v) is 3.50. The lowest BCUT2D eigenvalue weighted by molar-refractivity contribution is 0.618. The van der Waals surface area contributed by atoms with Crippen molar-refractivity contribution in [2.45, 2.75) is 0 Å². The Kier molecular flexibility index (Phi) is 4.21. The number of hydrogen-bond acceptors (Lipinski definition) is 2. The molecule has 24 heavy (non-hydrogen) atoms. The minimum absolute atomic E-state index is 0.547. The molecule has 0 saturated carbocycles. The Bertz CT molecular complexity index is 1040. The van der Waals surface area contributed by atoms with Crippen molar-refractivity contribution in [2.24, 2.45) is 0 Å². The maximum absolute atomic E-state index is 6.17. The number of rotatable bonds is 2. The first-order valence-corrected chi connectivity index (χ1v) is 9.19. The topological polar surface area (TPSA) is 26.0 Å². The normalized spacial score (nSPS) is 11.1. The lowest BCUT2D eigenvalue weighted by Gasteiger charge is -2.02. The van der Waals surface area contributed by atoms with E-state index in [9.17, 15) is 0 Å². The molecule has 0 bridgehead atoms. The molecule has 4 rings (SSSR count). The van der Waals surface area contributed by atoms with Gasteiger partial charge < -0.3 is 4.42 Å². The average molecular weight is 464 g/mol. The molecule has 5 heteroatoms. The van der Waals surface area contributed by atoms with Crippen LogP contribution in [0.2, 0.25) is 5.02 Å². The van der Waals surface area contributed by atoms with Crippen molar-refractivity contribution in [1.82, 2.24) is 4.98 Å². The molecule has 118 valence electrons. The molecular weight excluding hydrogens is 453 g/mol. The highest BCUT2D eigenvalue weighted by molar-refractivity contribution is 9.11. The molecule has 0 N–H and O–H groups in total. The molecule has 1 heterocycles. The summed E-state index contributed by atoms with van der Waals surface area (Å²) in [6.07, 6.45) is 0. The number of hydrogen-bond donors (Lipinski definition) is 0. The van der Waals surface area contributed by atoms with Crippen molar-refractivity contribution in [3.8, 4) is 22.6 Å². The second-order valence-corrected chi connectivity index (χ2v) is 7.44. The molecule has 0 spiro atoms. The van der Waals surface area contributed by atoms with E-state index < -0.39 is 0 Å². The summed E-state index contributed by atoms with van der Waals surface area (Å²) >= 11 is 13.2. The molecule has 0 radical (unpaired) electrons. The highest BCUT2D eigenvalue weighted by atomic mass is 79.9. The van der Waals surface area contributed by atoms with E-state index >= 15 is 0 Å². The highest BCUT2D eigenvalue weighted by Gasteiger charge is 2.14. The van der Waals surface area contributed by atoms with Crippen molar-refractivity contribution in [2.75, 3.05) is 0 Å². The maximum Gasteiger partial charge on any atom is 0.227 e. The second-order valence-electron chi connectivity index (χ2n) is 5.32. The van der Waals surface area contributed by atoms with Gasteiger partial charge in [-0.1, -0.05) is 41.9 Å². The molecule has 0 unspecified atom stereocenters. The zero-order chi connectivity index (χ0) is 16.7. The number of aromatic nitrogens is 1. The number of fused-ring (bicyclic) bond motifs is 1. The van der Waals surface area contributed by atoms with Crippen LogP contribution in [0.4, 0.5) is 0 Å². The predicted molar refractivity (Wildman–Crippen MR) is 105 cm³/mol. The van der Waals surface area contributed by atoms with Gasteiger partial charge in [-0.15, -0.1) is 0 Å². The third-order valence-electron chi connectivity index (χ3n) is 3.72.